The quantitative estimate of drug-likeness (QED) is 0.0602. The standard InChI is InChI=1S/C49H60N8O6/c1-47(2,3)32-19-15-29(16-20-32)41-51-27-34(53-41)24-39(57-46(61)63-49(7,8)9)44(59)55-38(23-31-26-50-37-14-12-11-13-36(31)37)43(58)56-40(45(60)62-10)25-35-28-52-42(54-35)30-17-21-33(22-18-30)48(4,5)6/h11-22,26-28,38-40,50H,23-25H2,1-10H3,(H,51,53)(H,52,54)(H,55,59)(H,56,58)(H,57,61)/t38-,39-,40-/m0/s1. The van der Waals surface area contributed by atoms with Crippen molar-refractivity contribution in [3.05, 3.63) is 119 Å². The number of methoxy groups -OCH3 is 1. The first kappa shape index (κ1) is 45.8. The van der Waals surface area contributed by atoms with Crippen molar-refractivity contribution in [2.45, 2.75) is 116 Å². The molecule has 63 heavy (non-hydrogen) atoms. The summed E-state index contributed by atoms with van der Waals surface area (Å²) in [7, 11) is 1.25. The van der Waals surface area contributed by atoms with E-state index in [1.807, 2.05) is 48.5 Å². The molecule has 0 spiro atoms. The van der Waals surface area contributed by atoms with Gasteiger partial charge in [0, 0.05) is 71.3 Å². The Kier molecular flexibility index (Phi) is 13.6. The van der Waals surface area contributed by atoms with E-state index in [9.17, 15) is 19.2 Å². The van der Waals surface area contributed by atoms with Crippen molar-refractivity contribution in [2.75, 3.05) is 7.11 Å². The highest BCUT2D eigenvalue weighted by atomic mass is 16.6. The zero-order chi connectivity index (χ0) is 45.7. The van der Waals surface area contributed by atoms with Crippen LogP contribution in [0.15, 0.2) is 91.4 Å². The van der Waals surface area contributed by atoms with Crippen LogP contribution in [0, 0.1) is 0 Å². The van der Waals surface area contributed by atoms with Crippen LogP contribution in [0.2, 0.25) is 0 Å². The molecule has 0 radical (unpaired) electrons. The molecule has 3 aromatic heterocycles. The minimum absolute atomic E-state index is 0.00848. The molecule has 0 fully saturated rings. The number of ether oxygens (including phenoxy) is 2. The van der Waals surface area contributed by atoms with Gasteiger partial charge in [0.05, 0.1) is 7.11 Å². The number of rotatable bonds is 14. The van der Waals surface area contributed by atoms with Gasteiger partial charge in [-0.05, 0) is 54.4 Å². The molecule has 0 saturated heterocycles. The lowest BCUT2D eigenvalue weighted by atomic mass is 9.87. The van der Waals surface area contributed by atoms with E-state index >= 15 is 0 Å². The smallest absolute Gasteiger partial charge is 0.408 e. The van der Waals surface area contributed by atoms with Gasteiger partial charge in [-0.3, -0.25) is 9.59 Å². The van der Waals surface area contributed by atoms with Gasteiger partial charge < -0.3 is 40.4 Å². The number of aromatic nitrogens is 5. The third-order valence-corrected chi connectivity index (χ3v) is 10.7. The highest BCUT2D eigenvalue weighted by Crippen LogP contribution is 2.27. The summed E-state index contributed by atoms with van der Waals surface area (Å²) < 4.78 is 10.7. The number of alkyl carbamates (subject to hydrolysis) is 1. The van der Waals surface area contributed by atoms with Gasteiger partial charge >= 0.3 is 12.1 Å². The van der Waals surface area contributed by atoms with E-state index in [1.54, 1.807) is 39.4 Å². The Balaban J connectivity index is 1.25. The van der Waals surface area contributed by atoms with E-state index in [0.29, 0.717) is 23.0 Å². The van der Waals surface area contributed by atoms with Crippen LogP contribution >= 0.6 is 0 Å². The maximum absolute atomic E-state index is 14.4. The molecule has 0 saturated carbocycles. The van der Waals surface area contributed by atoms with Crippen molar-refractivity contribution in [1.82, 2.24) is 40.9 Å². The van der Waals surface area contributed by atoms with Gasteiger partial charge in [-0.2, -0.15) is 0 Å². The predicted octanol–water partition coefficient (Wildman–Crippen LogP) is 7.61. The number of esters is 1. The maximum atomic E-state index is 14.4. The fourth-order valence-electron chi connectivity index (χ4n) is 7.18. The Labute approximate surface area is 368 Å². The number of amides is 3. The number of hydrogen-bond donors (Lipinski definition) is 6. The number of hydrogen-bond acceptors (Lipinski definition) is 8. The number of aromatic amines is 3. The number of fused-ring (bicyclic) bond motifs is 1. The molecule has 6 N–H and O–H groups in total. The zero-order valence-electron chi connectivity index (χ0n) is 37.9. The number of carbonyl (C=O) groups is 4. The van der Waals surface area contributed by atoms with Crippen LogP contribution in [-0.4, -0.2) is 79.6 Å². The first-order chi connectivity index (χ1) is 29.7. The monoisotopic (exact) mass is 856 g/mol. The van der Waals surface area contributed by atoms with Gasteiger partial charge in [-0.1, -0.05) is 108 Å². The number of benzene rings is 3. The molecular weight excluding hydrogens is 797 g/mol. The molecule has 0 aliphatic rings. The van der Waals surface area contributed by atoms with Crippen LogP contribution in [0.1, 0.15) is 90.4 Å². The van der Waals surface area contributed by atoms with Gasteiger partial charge in [0.1, 0.15) is 35.4 Å². The van der Waals surface area contributed by atoms with Crippen molar-refractivity contribution in [3.63, 3.8) is 0 Å². The molecule has 3 heterocycles. The highest BCUT2D eigenvalue weighted by Gasteiger charge is 2.33. The summed E-state index contributed by atoms with van der Waals surface area (Å²) in [6.45, 7) is 18.0. The molecule has 0 aliphatic carbocycles. The van der Waals surface area contributed by atoms with E-state index in [-0.39, 0.29) is 30.1 Å². The lowest BCUT2D eigenvalue weighted by Gasteiger charge is -2.26. The van der Waals surface area contributed by atoms with Crippen molar-refractivity contribution < 1.29 is 28.7 Å². The second kappa shape index (κ2) is 18.7. The molecule has 6 rings (SSSR count). The lowest BCUT2D eigenvalue weighted by molar-refractivity contribution is -0.145. The largest absolute Gasteiger partial charge is 0.467 e. The van der Waals surface area contributed by atoms with Crippen molar-refractivity contribution in [3.8, 4) is 22.8 Å². The minimum atomic E-state index is -1.20. The van der Waals surface area contributed by atoms with Gasteiger partial charge in [0.15, 0.2) is 0 Å². The van der Waals surface area contributed by atoms with Gasteiger partial charge in [-0.25, -0.2) is 19.6 Å². The van der Waals surface area contributed by atoms with Crippen LogP contribution in [0.3, 0.4) is 0 Å². The van der Waals surface area contributed by atoms with Crippen molar-refractivity contribution >= 4 is 34.8 Å². The summed E-state index contributed by atoms with van der Waals surface area (Å²) in [5.74, 6) is -0.776. The number of carbonyl (C=O) groups excluding carboxylic acids is 4. The average molecular weight is 857 g/mol. The fourth-order valence-corrected chi connectivity index (χ4v) is 7.18. The minimum Gasteiger partial charge on any atom is -0.467 e. The summed E-state index contributed by atoms with van der Waals surface area (Å²) in [5, 5.41) is 9.30. The molecular formula is C49H60N8O6. The lowest BCUT2D eigenvalue weighted by Crippen LogP contribution is -2.57. The Bertz CT molecular complexity index is 2530. The third kappa shape index (κ3) is 12.0. The Morgan fingerprint density at radius 2 is 1.10 bits per heavy atom. The van der Waals surface area contributed by atoms with Crippen LogP contribution in [0.25, 0.3) is 33.7 Å². The summed E-state index contributed by atoms with van der Waals surface area (Å²) in [6, 6.07) is 20.2. The second-order valence-electron chi connectivity index (χ2n) is 19.0. The third-order valence-electron chi connectivity index (χ3n) is 10.7. The Morgan fingerprint density at radius 3 is 1.59 bits per heavy atom. The summed E-state index contributed by atoms with van der Waals surface area (Å²) in [4.78, 5) is 74.3. The molecule has 332 valence electrons. The summed E-state index contributed by atoms with van der Waals surface area (Å²) in [5.41, 5.74) is 5.95. The predicted molar refractivity (Wildman–Crippen MR) is 244 cm³/mol. The zero-order valence-corrected chi connectivity index (χ0v) is 37.9. The fraction of sp³-hybridized carbons (Fsp3) is 0.388. The van der Waals surface area contributed by atoms with Gasteiger partial charge in [0.25, 0.3) is 0 Å². The molecule has 14 nitrogen and oxygen atoms in total. The molecule has 3 amide bonds. The van der Waals surface area contributed by atoms with Crippen LogP contribution < -0.4 is 16.0 Å². The van der Waals surface area contributed by atoms with E-state index in [2.05, 4.69) is 107 Å². The Morgan fingerprint density at radius 1 is 0.619 bits per heavy atom. The SMILES string of the molecule is COC(=O)[C@H](Cc1cnc(-c2ccc(C(C)(C)C)cc2)[nH]1)NC(=O)[C@H](Cc1c[nH]c2ccccc12)NC(=O)[C@H](Cc1cnc(-c2ccc(C(C)(C)C)cc2)[nH]1)NC(=O)OC(C)(C)C. The number of nitrogens with one attached hydrogen (secondary N) is 6. The number of imidazole rings is 2. The Hall–Kier alpha value is -6.70. The van der Waals surface area contributed by atoms with Crippen LogP contribution in [0.5, 0.6) is 0 Å². The van der Waals surface area contributed by atoms with E-state index in [4.69, 9.17) is 9.47 Å². The molecule has 0 bridgehead atoms. The topological polar surface area (TPSA) is 196 Å². The van der Waals surface area contributed by atoms with Crippen molar-refractivity contribution in [2.24, 2.45) is 0 Å². The van der Waals surface area contributed by atoms with Crippen LogP contribution in [0.4, 0.5) is 4.79 Å². The number of nitrogens with zero attached hydrogens (tertiary/aromatic N) is 2. The molecule has 0 unspecified atom stereocenters. The normalized spacial score (nSPS) is 13.5. The maximum Gasteiger partial charge on any atom is 0.408 e. The van der Waals surface area contributed by atoms with Crippen LogP contribution in [-0.2, 0) is 53.9 Å². The first-order valence-electron chi connectivity index (χ1n) is 21.2. The second-order valence-corrected chi connectivity index (χ2v) is 19.0. The summed E-state index contributed by atoms with van der Waals surface area (Å²) in [6.07, 6.45) is 4.28. The molecule has 14 heteroatoms. The number of para-hydroxylation sites is 1. The average Bonchev–Trinajstić information content (AvgIpc) is 3.99. The van der Waals surface area contributed by atoms with E-state index < -0.39 is 47.6 Å². The van der Waals surface area contributed by atoms with Gasteiger partial charge in [-0.15, -0.1) is 0 Å². The molecule has 0 aliphatic heterocycles. The molecule has 6 aromatic rings. The van der Waals surface area contributed by atoms with Gasteiger partial charge in [0.2, 0.25) is 11.8 Å². The van der Waals surface area contributed by atoms with E-state index in [0.717, 1.165) is 27.6 Å². The van der Waals surface area contributed by atoms with Crippen molar-refractivity contribution in [1.29, 1.82) is 0 Å². The molecule has 3 atom stereocenters. The molecule has 3 aromatic carbocycles. The highest BCUT2D eigenvalue weighted by molar-refractivity contribution is 5.94. The first-order valence-corrected chi connectivity index (χ1v) is 21.2. The summed E-state index contributed by atoms with van der Waals surface area (Å²) >= 11 is 0. The van der Waals surface area contributed by atoms with E-state index in [1.165, 1.54) is 18.2 Å². The number of H-pyrrole nitrogens is 3.